The van der Waals surface area contributed by atoms with Gasteiger partial charge in [0.1, 0.15) is 11.3 Å². The summed E-state index contributed by atoms with van der Waals surface area (Å²) in [5.41, 5.74) is 12.6. The number of aromatic nitrogens is 6. The lowest BCUT2D eigenvalue weighted by atomic mass is 9.71. The Morgan fingerprint density at radius 2 is 1.89 bits per heavy atom. The highest BCUT2D eigenvalue weighted by Crippen LogP contribution is 2.43. The molecule has 10 nitrogen and oxygen atoms in total. The van der Waals surface area contributed by atoms with Crippen LogP contribution in [0.5, 0.6) is 0 Å². The van der Waals surface area contributed by atoms with Crippen molar-refractivity contribution in [3.63, 3.8) is 0 Å². The standard InChI is InChI=1S/C23H19N7.C12H20N2O/c24-21-18(6-2-11-25-21)22-27-19-9-10-20(29-13-3-12-26-29)28-23(19)30(22)17-8-7-15-4-1-5-16(15)14-17;1-3-11(15)14-9-8-12(14)6-4-10(13-2)5-7-12/h2-3,6-14H,1,4-5H2,(H2,24,25);3,10,13H,1,4-9H2,2H3. The first-order valence-corrected chi connectivity index (χ1v) is 15.8. The molecule has 4 aromatic heterocycles. The Labute approximate surface area is 263 Å². The molecular weight excluding hydrogens is 562 g/mol. The molecule has 3 N–H and O–H groups in total. The zero-order valence-electron chi connectivity index (χ0n) is 25.7. The molecule has 0 unspecified atom stereocenters. The third-order valence-corrected chi connectivity index (χ3v) is 9.79. The van der Waals surface area contributed by atoms with Crippen LogP contribution in [0.4, 0.5) is 5.82 Å². The zero-order chi connectivity index (χ0) is 31.0. The molecule has 0 bridgehead atoms. The number of amides is 1. The van der Waals surface area contributed by atoms with Crippen LogP contribution >= 0.6 is 0 Å². The lowest BCUT2D eigenvalue weighted by Crippen LogP contribution is -2.63. The molecule has 1 saturated heterocycles. The summed E-state index contributed by atoms with van der Waals surface area (Å²) in [6, 6.07) is 16.9. The van der Waals surface area contributed by atoms with Crippen molar-refractivity contribution in [3.05, 3.63) is 90.9 Å². The second-order valence-electron chi connectivity index (χ2n) is 12.2. The lowest BCUT2D eigenvalue weighted by molar-refractivity contribution is -0.145. The number of nitrogen functional groups attached to an aromatic ring is 1. The van der Waals surface area contributed by atoms with Crippen molar-refractivity contribution in [2.24, 2.45) is 0 Å². The molecule has 5 heterocycles. The second kappa shape index (κ2) is 11.9. The van der Waals surface area contributed by atoms with Gasteiger partial charge >= 0.3 is 0 Å². The van der Waals surface area contributed by atoms with Crippen molar-refractivity contribution >= 4 is 22.9 Å². The molecule has 0 radical (unpaired) electrons. The van der Waals surface area contributed by atoms with Crippen LogP contribution in [0.2, 0.25) is 0 Å². The fourth-order valence-electron chi connectivity index (χ4n) is 7.17. The molecule has 8 rings (SSSR count). The Kier molecular flexibility index (Phi) is 7.66. The molecular formula is C35H39N9O. The van der Waals surface area contributed by atoms with Gasteiger partial charge in [-0.05, 0) is 118 Å². The highest BCUT2D eigenvalue weighted by molar-refractivity contribution is 5.88. The molecule has 0 atom stereocenters. The summed E-state index contributed by atoms with van der Waals surface area (Å²) in [7, 11) is 2.02. The van der Waals surface area contributed by atoms with Gasteiger partial charge in [0, 0.05) is 42.4 Å². The van der Waals surface area contributed by atoms with Crippen molar-refractivity contribution in [2.45, 2.75) is 62.9 Å². The first kappa shape index (κ1) is 28.9. The average Bonchev–Trinajstić information content (AvgIpc) is 3.84. The van der Waals surface area contributed by atoms with Crippen molar-refractivity contribution < 1.29 is 4.79 Å². The minimum atomic E-state index is 0.115. The van der Waals surface area contributed by atoms with Crippen molar-refractivity contribution in [2.75, 3.05) is 19.3 Å². The average molecular weight is 602 g/mol. The number of hydrogen-bond acceptors (Lipinski definition) is 7. The van der Waals surface area contributed by atoms with E-state index < -0.39 is 0 Å². The zero-order valence-corrected chi connectivity index (χ0v) is 25.7. The highest BCUT2D eigenvalue weighted by atomic mass is 16.2. The van der Waals surface area contributed by atoms with Gasteiger partial charge in [-0.3, -0.25) is 9.36 Å². The quantitative estimate of drug-likeness (QED) is 0.271. The lowest BCUT2D eigenvalue weighted by Gasteiger charge is -2.55. The minimum Gasteiger partial charge on any atom is -0.383 e. The van der Waals surface area contributed by atoms with E-state index in [9.17, 15) is 4.79 Å². The second-order valence-corrected chi connectivity index (χ2v) is 12.2. The van der Waals surface area contributed by atoms with Gasteiger partial charge in [-0.2, -0.15) is 5.10 Å². The summed E-state index contributed by atoms with van der Waals surface area (Å²) in [6.07, 6.45) is 16.1. The summed E-state index contributed by atoms with van der Waals surface area (Å²) in [4.78, 5) is 27.7. The fourth-order valence-corrected chi connectivity index (χ4v) is 7.17. The largest absolute Gasteiger partial charge is 0.383 e. The Morgan fingerprint density at radius 1 is 1.04 bits per heavy atom. The predicted octanol–water partition coefficient (Wildman–Crippen LogP) is 5.04. The molecule has 1 saturated carbocycles. The number of nitrogens with two attached hydrogens (primary N) is 1. The monoisotopic (exact) mass is 601 g/mol. The van der Waals surface area contributed by atoms with Crippen LogP contribution in [-0.2, 0) is 17.6 Å². The molecule has 1 aliphatic heterocycles. The molecule has 1 spiro atoms. The summed E-state index contributed by atoms with van der Waals surface area (Å²) in [6.45, 7) is 4.49. The number of benzene rings is 1. The number of carbonyl (C=O) groups excluding carboxylic acids is 1. The first-order valence-electron chi connectivity index (χ1n) is 15.8. The molecule has 45 heavy (non-hydrogen) atoms. The topological polar surface area (TPSA) is 120 Å². The normalized spacial score (nSPS) is 20.4. The van der Waals surface area contributed by atoms with E-state index in [-0.39, 0.29) is 11.4 Å². The number of imidazole rings is 1. The summed E-state index contributed by atoms with van der Waals surface area (Å²) >= 11 is 0. The van der Waals surface area contributed by atoms with Gasteiger partial charge in [0.15, 0.2) is 17.3 Å². The molecule has 2 aliphatic carbocycles. The van der Waals surface area contributed by atoms with Gasteiger partial charge in [-0.1, -0.05) is 12.6 Å². The maximum absolute atomic E-state index is 11.6. The van der Waals surface area contributed by atoms with Crippen LogP contribution in [-0.4, -0.2) is 65.3 Å². The maximum Gasteiger partial charge on any atom is 0.246 e. The third-order valence-electron chi connectivity index (χ3n) is 9.79. The van der Waals surface area contributed by atoms with E-state index in [1.165, 1.54) is 42.9 Å². The van der Waals surface area contributed by atoms with E-state index in [1.807, 2.05) is 48.5 Å². The van der Waals surface area contributed by atoms with E-state index >= 15 is 0 Å². The number of carbonyl (C=O) groups is 1. The predicted molar refractivity (Wildman–Crippen MR) is 176 cm³/mol. The first-order chi connectivity index (χ1) is 22.0. The van der Waals surface area contributed by atoms with Crippen LogP contribution in [0, 0.1) is 0 Å². The van der Waals surface area contributed by atoms with Crippen LogP contribution in [0.3, 0.4) is 0 Å². The van der Waals surface area contributed by atoms with E-state index in [4.69, 9.17) is 15.7 Å². The molecule has 1 amide bonds. The molecule has 3 aliphatic rings. The van der Waals surface area contributed by atoms with Crippen LogP contribution in [0.25, 0.3) is 34.1 Å². The number of nitrogens with one attached hydrogen (secondary N) is 1. The molecule has 10 heteroatoms. The van der Waals surface area contributed by atoms with Crippen LogP contribution < -0.4 is 11.1 Å². The van der Waals surface area contributed by atoms with Gasteiger partial charge in [0.05, 0.1) is 5.56 Å². The van der Waals surface area contributed by atoms with E-state index in [0.29, 0.717) is 11.9 Å². The Balaban J connectivity index is 0.000000183. The molecule has 5 aromatic rings. The summed E-state index contributed by atoms with van der Waals surface area (Å²) in [5.74, 6) is 2.03. The van der Waals surface area contributed by atoms with E-state index in [0.717, 1.165) is 66.3 Å². The maximum atomic E-state index is 11.6. The number of anilines is 1. The summed E-state index contributed by atoms with van der Waals surface area (Å²) in [5, 5.41) is 7.64. The molecule has 2 fully saturated rings. The number of nitrogens with zero attached hydrogens (tertiary/aromatic N) is 7. The number of aryl methyl sites for hydroxylation is 2. The van der Waals surface area contributed by atoms with Gasteiger partial charge in [0.25, 0.3) is 0 Å². The van der Waals surface area contributed by atoms with Gasteiger partial charge < -0.3 is 16.0 Å². The number of hydrogen-bond donors (Lipinski definition) is 2. The van der Waals surface area contributed by atoms with E-state index in [2.05, 4.69) is 44.7 Å². The van der Waals surface area contributed by atoms with Crippen LogP contribution in [0.1, 0.15) is 49.7 Å². The third kappa shape index (κ3) is 5.29. The Morgan fingerprint density at radius 3 is 2.60 bits per heavy atom. The van der Waals surface area contributed by atoms with Gasteiger partial charge in [-0.15, -0.1) is 0 Å². The van der Waals surface area contributed by atoms with Crippen molar-refractivity contribution in [1.29, 1.82) is 0 Å². The van der Waals surface area contributed by atoms with Gasteiger partial charge in [0.2, 0.25) is 5.91 Å². The number of fused-ring (bicyclic) bond motifs is 2. The smallest absolute Gasteiger partial charge is 0.246 e. The number of rotatable bonds is 5. The van der Waals surface area contributed by atoms with Crippen LogP contribution in [0.15, 0.2) is 79.8 Å². The van der Waals surface area contributed by atoms with Crippen molar-refractivity contribution in [1.82, 2.24) is 39.5 Å². The Bertz CT molecular complexity index is 1850. The Hall–Kier alpha value is -4.83. The van der Waals surface area contributed by atoms with E-state index in [1.54, 1.807) is 17.1 Å². The number of likely N-dealkylation sites (tertiary alicyclic amines) is 1. The highest BCUT2D eigenvalue weighted by Gasteiger charge is 2.48. The fraction of sp³-hybridized carbons (Fsp3) is 0.343. The number of pyridine rings is 2. The molecule has 230 valence electrons. The van der Waals surface area contributed by atoms with Crippen molar-refractivity contribution in [3.8, 4) is 22.9 Å². The molecule has 1 aromatic carbocycles. The van der Waals surface area contributed by atoms with Gasteiger partial charge in [-0.25, -0.2) is 19.6 Å². The minimum absolute atomic E-state index is 0.115. The SMILES string of the molecule is C=CC(=O)N1CCC12CCC(NC)CC2.Nc1ncccc1-c1nc2ccc(-n3cccn3)nc2n1-c1ccc2c(c1)CCC2. The summed E-state index contributed by atoms with van der Waals surface area (Å²) < 4.78 is 3.83.